The van der Waals surface area contributed by atoms with Crippen molar-refractivity contribution in [3.05, 3.63) is 74.4 Å². The lowest BCUT2D eigenvalue weighted by Gasteiger charge is -2.08. The molecule has 0 amide bonds. The van der Waals surface area contributed by atoms with Crippen LogP contribution in [-0.4, -0.2) is 9.49 Å². The van der Waals surface area contributed by atoms with Gasteiger partial charge < -0.3 is 4.57 Å². The fraction of sp³-hybridized carbons (Fsp3) is 0.0667. The predicted molar refractivity (Wildman–Crippen MR) is 84.2 cm³/mol. The van der Waals surface area contributed by atoms with Crippen molar-refractivity contribution >= 4 is 39.8 Å². The van der Waals surface area contributed by atoms with E-state index >= 15 is 0 Å². The molecule has 1 heterocycles. The van der Waals surface area contributed by atoms with Gasteiger partial charge in [0.25, 0.3) is 5.69 Å². The molecule has 0 unspecified atom stereocenters. The van der Waals surface area contributed by atoms with E-state index in [1.807, 2.05) is 29.0 Å². The Morgan fingerprint density at radius 2 is 1.95 bits per heavy atom. The van der Waals surface area contributed by atoms with Crippen LogP contribution in [0.1, 0.15) is 5.56 Å². The first kappa shape index (κ1) is 13.9. The minimum absolute atomic E-state index is 0.0494. The highest BCUT2D eigenvalue weighted by Gasteiger charge is 2.15. The van der Waals surface area contributed by atoms with Crippen LogP contribution in [-0.2, 0) is 6.54 Å². The smallest absolute Gasteiger partial charge is 0.274 e. The van der Waals surface area contributed by atoms with Gasteiger partial charge in [0.1, 0.15) is 0 Å². The lowest BCUT2D eigenvalue weighted by atomic mass is 10.1. The van der Waals surface area contributed by atoms with E-state index in [-0.39, 0.29) is 5.69 Å². The zero-order valence-corrected chi connectivity index (χ0v) is 12.3. The molecule has 2 aromatic carbocycles. The first-order valence-electron chi connectivity index (χ1n) is 6.22. The number of fused-ring (bicyclic) bond motifs is 1. The van der Waals surface area contributed by atoms with Gasteiger partial charge in [0.2, 0.25) is 0 Å². The molecule has 0 saturated heterocycles. The van der Waals surface area contributed by atoms with E-state index in [1.165, 1.54) is 12.1 Å². The number of nitrogens with zero attached hydrogens (tertiary/aromatic N) is 2. The Kier molecular flexibility index (Phi) is 3.57. The van der Waals surface area contributed by atoms with Gasteiger partial charge >= 0.3 is 0 Å². The summed E-state index contributed by atoms with van der Waals surface area (Å²) < 4.78 is 1.89. The molecule has 1 aromatic heterocycles. The lowest BCUT2D eigenvalue weighted by molar-refractivity contribution is -0.385. The van der Waals surface area contributed by atoms with Crippen LogP contribution in [0.3, 0.4) is 0 Å². The average Bonchev–Trinajstić information content (AvgIpc) is 2.83. The summed E-state index contributed by atoms with van der Waals surface area (Å²) >= 11 is 12.2. The monoisotopic (exact) mass is 320 g/mol. The summed E-state index contributed by atoms with van der Waals surface area (Å²) in [6.45, 7) is 0.337. The fourth-order valence-electron chi connectivity index (χ4n) is 2.39. The number of hydrogen-bond donors (Lipinski definition) is 0. The van der Waals surface area contributed by atoms with Crippen molar-refractivity contribution in [3.8, 4) is 0 Å². The van der Waals surface area contributed by atoms with Crippen molar-refractivity contribution in [2.45, 2.75) is 6.54 Å². The van der Waals surface area contributed by atoms with Crippen LogP contribution in [0.5, 0.6) is 0 Å². The van der Waals surface area contributed by atoms with Gasteiger partial charge in [0.05, 0.1) is 27.6 Å². The Balaban J connectivity index is 2.11. The standard InChI is InChI=1S/C15H10Cl2N2O2/c16-12-4-5-14(19(20)21)11(8-12)9-18-7-6-10-2-1-3-13(17)15(10)18/h1-8H,9H2. The summed E-state index contributed by atoms with van der Waals surface area (Å²) in [4.78, 5) is 10.7. The quantitative estimate of drug-likeness (QED) is 0.508. The molecule has 21 heavy (non-hydrogen) atoms. The third kappa shape index (κ3) is 2.60. The number of halogens is 2. The largest absolute Gasteiger partial charge is 0.342 e. The molecule has 3 rings (SSSR count). The van der Waals surface area contributed by atoms with Gasteiger partial charge in [-0.05, 0) is 24.3 Å². The molecule has 106 valence electrons. The number of benzene rings is 2. The van der Waals surface area contributed by atoms with Crippen molar-refractivity contribution in [1.82, 2.24) is 4.57 Å². The average molecular weight is 321 g/mol. The normalized spacial score (nSPS) is 11.0. The predicted octanol–water partition coefficient (Wildman–Crippen LogP) is 4.90. The van der Waals surface area contributed by atoms with E-state index in [0.717, 1.165) is 10.9 Å². The molecular weight excluding hydrogens is 311 g/mol. The molecule has 0 aliphatic carbocycles. The molecule has 0 aliphatic rings. The number of hydrogen-bond acceptors (Lipinski definition) is 2. The lowest BCUT2D eigenvalue weighted by Crippen LogP contribution is -2.02. The van der Waals surface area contributed by atoms with E-state index in [0.29, 0.717) is 22.2 Å². The summed E-state index contributed by atoms with van der Waals surface area (Å²) in [7, 11) is 0. The molecule has 3 aromatic rings. The van der Waals surface area contributed by atoms with E-state index in [2.05, 4.69) is 0 Å². The number of rotatable bonds is 3. The van der Waals surface area contributed by atoms with Crippen LogP contribution in [0.25, 0.3) is 10.9 Å². The Hall–Kier alpha value is -2.04. The van der Waals surface area contributed by atoms with Gasteiger partial charge in [-0.25, -0.2) is 0 Å². The Bertz CT molecular complexity index is 843. The number of nitro groups is 1. The molecule has 0 saturated carbocycles. The van der Waals surface area contributed by atoms with Crippen molar-refractivity contribution in [3.63, 3.8) is 0 Å². The molecule has 6 heteroatoms. The fourth-order valence-corrected chi connectivity index (χ4v) is 2.87. The van der Waals surface area contributed by atoms with E-state index in [4.69, 9.17) is 23.2 Å². The van der Waals surface area contributed by atoms with Gasteiger partial charge in [0, 0.05) is 22.7 Å². The third-order valence-corrected chi connectivity index (χ3v) is 3.86. The van der Waals surface area contributed by atoms with Crippen molar-refractivity contribution in [2.75, 3.05) is 0 Å². The van der Waals surface area contributed by atoms with Crippen LogP contribution >= 0.6 is 23.2 Å². The minimum atomic E-state index is -0.404. The SMILES string of the molecule is O=[N+]([O-])c1ccc(Cl)cc1Cn1ccc2cccc(Cl)c21. The Morgan fingerprint density at radius 3 is 2.71 bits per heavy atom. The molecule has 0 N–H and O–H groups in total. The minimum Gasteiger partial charge on any atom is -0.342 e. The third-order valence-electron chi connectivity index (χ3n) is 3.32. The number of nitro benzene ring substituents is 1. The zero-order chi connectivity index (χ0) is 15.0. The number of aromatic nitrogens is 1. The summed E-state index contributed by atoms with van der Waals surface area (Å²) in [6, 6.07) is 12.1. The molecule has 0 bridgehead atoms. The van der Waals surface area contributed by atoms with Crippen molar-refractivity contribution in [2.24, 2.45) is 0 Å². The maximum Gasteiger partial charge on any atom is 0.274 e. The molecule has 0 spiro atoms. The van der Waals surface area contributed by atoms with E-state index in [1.54, 1.807) is 12.1 Å². The van der Waals surface area contributed by atoms with Crippen molar-refractivity contribution < 1.29 is 4.92 Å². The second-order valence-corrected chi connectivity index (χ2v) is 5.50. The van der Waals surface area contributed by atoms with Gasteiger partial charge in [-0.15, -0.1) is 0 Å². The second kappa shape index (κ2) is 5.39. The van der Waals surface area contributed by atoms with Crippen LogP contribution in [0, 0.1) is 10.1 Å². The topological polar surface area (TPSA) is 48.1 Å². The molecular formula is C15H10Cl2N2O2. The molecule has 0 atom stereocenters. The highest BCUT2D eigenvalue weighted by molar-refractivity contribution is 6.35. The molecule has 0 fully saturated rings. The highest BCUT2D eigenvalue weighted by atomic mass is 35.5. The van der Waals surface area contributed by atoms with Crippen LogP contribution in [0.15, 0.2) is 48.7 Å². The summed E-state index contributed by atoms with van der Waals surface area (Å²) in [5, 5.41) is 13.2. The number of para-hydroxylation sites is 1. The van der Waals surface area contributed by atoms with Gasteiger partial charge in [0.15, 0.2) is 0 Å². The summed E-state index contributed by atoms with van der Waals surface area (Å²) in [5.41, 5.74) is 1.45. The van der Waals surface area contributed by atoms with E-state index < -0.39 is 4.92 Å². The summed E-state index contributed by atoms with van der Waals surface area (Å²) in [6.07, 6.45) is 1.86. The van der Waals surface area contributed by atoms with E-state index in [9.17, 15) is 10.1 Å². The van der Waals surface area contributed by atoms with Crippen LogP contribution in [0.4, 0.5) is 5.69 Å². The molecule has 0 aliphatic heterocycles. The molecule has 0 radical (unpaired) electrons. The van der Waals surface area contributed by atoms with Crippen molar-refractivity contribution in [1.29, 1.82) is 0 Å². The first-order chi connectivity index (χ1) is 10.1. The van der Waals surface area contributed by atoms with Gasteiger partial charge in [-0.2, -0.15) is 0 Å². The van der Waals surface area contributed by atoms with Gasteiger partial charge in [-0.1, -0.05) is 35.3 Å². The Labute approximate surface area is 130 Å². The highest BCUT2D eigenvalue weighted by Crippen LogP contribution is 2.28. The zero-order valence-electron chi connectivity index (χ0n) is 10.8. The second-order valence-electron chi connectivity index (χ2n) is 4.65. The maximum absolute atomic E-state index is 11.1. The maximum atomic E-state index is 11.1. The molecule has 4 nitrogen and oxygen atoms in total. The first-order valence-corrected chi connectivity index (χ1v) is 6.98. The van der Waals surface area contributed by atoms with Crippen LogP contribution < -0.4 is 0 Å². The Morgan fingerprint density at radius 1 is 1.14 bits per heavy atom. The van der Waals surface area contributed by atoms with Gasteiger partial charge in [-0.3, -0.25) is 10.1 Å². The summed E-state index contributed by atoms with van der Waals surface area (Å²) in [5.74, 6) is 0. The van der Waals surface area contributed by atoms with Crippen LogP contribution in [0.2, 0.25) is 10.0 Å².